The molecule has 2 heterocycles. The van der Waals surface area contributed by atoms with E-state index in [1.807, 2.05) is 18.2 Å². The Morgan fingerprint density at radius 3 is 2.54 bits per heavy atom. The molecule has 35 heavy (non-hydrogen) atoms. The number of morpholine rings is 1. The second-order valence-electron chi connectivity index (χ2n) is 8.01. The fraction of sp³-hybridized carbons (Fsp3) is 0.280. The molecule has 1 N–H and O–H groups in total. The van der Waals surface area contributed by atoms with Crippen LogP contribution in [0, 0.1) is 11.3 Å². The number of hydrogen-bond donors (Lipinski definition) is 1. The summed E-state index contributed by atoms with van der Waals surface area (Å²) in [7, 11) is 0. The lowest BCUT2D eigenvalue weighted by Gasteiger charge is -2.28. The van der Waals surface area contributed by atoms with Crippen LogP contribution in [0.2, 0.25) is 0 Å². The van der Waals surface area contributed by atoms with Gasteiger partial charge < -0.3 is 15.0 Å². The molecule has 0 unspecified atom stereocenters. The molecule has 1 aromatic heterocycles. The number of carbonyl (C=O) groups excluding carboxylic acids is 1. The van der Waals surface area contributed by atoms with Crippen molar-refractivity contribution in [2.24, 2.45) is 0 Å². The van der Waals surface area contributed by atoms with Crippen molar-refractivity contribution < 1.29 is 22.7 Å². The molecule has 1 saturated heterocycles. The van der Waals surface area contributed by atoms with Gasteiger partial charge in [-0.25, -0.2) is 9.97 Å². The van der Waals surface area contributed by atoms with E-state index in [-0.39, 0.29) is 11.3 Å². The van der Waals surface area contributed by atoms with Gasteiger partial charge in [0, 0.05) is 37.0 Å². The molecule has 7 nitrogen and oxygen atoms in total. The lowest BCUT2D eigenvalue weighted by molar-refractivity contribution is -0.150. The highest BCUT2D eigenvalue weighted by molar-refractivity contribution is 5.93. The molecule has 0 aliphatic carbocycles. The van der Waals surface area contributed by atoms with Crippen LogP contribution in [-0.2, 0) is 16.0 Å². The van der Waals surface area contributed by atoms with E-state index in [1.54, 1.807) is 18.3 Å². The van der Waals surface area contributed by atoms with Gasteiger partial charge in [-0.05, 0) is 35.9 Å². The van der Waals surface area contributed by atoms with Crippen molar-refractivity contribution in [3.63, 3.8) is 0 Å². The predicted molar refractivity (Wildman–Crippen MR) is 124 cm³/mol. The molecule has 10 heteroatoms. The maximum atomic E-state index is 12.4. The number of alkyl halides is 3. The fourth-order valence-corrected chi connectivity index (χ4v) is 3.76. The monoisotopic (exact) mass is 481 g/mol. The molecule has 0 atom stereocenters. The van der Waals surface area contributed by atoms with Gasteiger partial charge in [-0.1, -0.05) is 18.2 Å². The van der Waals surface area contributed by atoms with E-state index in [1.165, 1.54) is 12.1 Å². The number of nitrogens with zero attached hydrogens (tertiary/aromatic N) is 4. The van der Waals surface area contributed by atoms with E-state index in [2.05, 4.69) is 32.3 Å². The van der Waals surface area contributed by atoms with Crippen LogP contribution in [0.3, 0.4) is 0 Å². The SMILES string of the molecule is N#Cc1cc(-c2ccnc(Cc3ccc(N4CCOCC4)cc3)n2)ccc1NC(=O)CC(F)(F)F. The van der Waals surface area contributed by atoms with Gasteiger partial charge >= 0.3 is 6.18 Å². The summed E-state index contributed by atoms with van der Waals surface area (Å²) in [6.07, 6.45) is -4.13. The highest BCUT2D eigenvalue weighted by atomic mass is 19.4. The molecule has 1 amide bonds. The number of halogens is 3. The number of ether oxygens (including phenoxy) is 1. The lowest BCUT2D eigenvalue weighted by Crippen LogP contribution is -2.36. The predicted octanol–water partition coefficient (Wildman–Crippen LogP) is 4.33. The average Bonchev–Trinajstić information content (AvgIpc) is 2.84. The maximum absolute atomic E-state index is 12.4. The summed E-state index contributed by atoms with van der Waals surface area (Å²) in [5.74, 6) is -0.645. The molecule has 2 aromatic carbocycles. The summed E-state index contributed by atoms with van der Waals surface area (Å²) < 4.78 is 42.7. The summed E-state index contributed by atoms with van der Waals surface area (Å²) >= 11 is 0. The van der Waals surface area contributed by atoms with Crippen molar-refractivity contribution in [3.8, 4) is 17.3 Å². The van der Waals surface area contributed by atoms with E-state index < -0.39 is 18.5 Å². The van der Waals surface area contributed by atoms with Gasteiger partial charge in [0.15, 0.2) is 0 Å². The van der Waals surface area contributed by atoms with Gasteiger partial charge in [0.2, 0.25) is 5.91 Å². The number of carbonyl (C=O) groups is 1. The molecule has 1 aliphatic rings. The van der Waals surface area contributed by atoms with Crippen LogP contribution in [0.15, 0.2) is 54.7 Å². The van der Waals surface area contributed by atoms with Crippen molar-refractivity contribution in [2.45, 2.75) is 19.0 Å². The minimum absolute atomic E-state index is 0.0140. The first-order chi connectivity index (χ1) is 16.8. The third-order valence-corrected chi connectivity index (χ3v) is 5.45. The van der Waals surface area contributed by atoms with Gasteiger partial charge in [-0.2, -0.15) is 18.4 Å². The Hall–Kier alpha value is -3.97. The Labute approximate surface area is 200 Å². The van der Waals surface area contributed by atoms with Crippen molar-refractivity contribution in [2.75, 3.05) is 36.5 Å². The molecular formula is C25H22F3N5O2. The minimum Gasteiger partial charge on any atom is -0.378 e. The second kappa shape index (κ2) is 10.5. The first-order valence-electron chi connectivity index (χ1n) is 11.0. The van der Waals surface area contributed by atoms with Crippen LogP contribution in [0.4, 0.5) is 24.5 Å². The zero-order valence-electron chi connectivity index (χ0n) is 18.7. The van der Waals surface area contributed by atoms with E-state index in [0.29, 0.717) is 23.5 Å². The number of nitriles is 1. The van der Waals surface area contributed by atoms with E-state index in [9.17, 15) is 23.2 Å². The first kappa shape index (κ1) is 24.2. The number of amides is 1. The van der Waals surface area contributed by atoms with Gasteiger partial charge in [0.25, 0.3) is 0 Å². The quantitative estimate of drug-likeness (QED) is 0.564. The molecule has 0 saturated carbocycles. The van der Waals surface area contributed by atoms with Gasteiger partial charge in [0.1, 0.15) is 18.3 Å². The standard InChI is InChI=1S/C25H22F3N5O2/c26-25(27,28)15-24(34)32-21-6-3-18(14-19(21)16-29)22-7-8-30-23(31-22)13-17-1-4-20(5-2-17)33-9-11-35-12-10-33/h1-8,14H,9-13,15H2,(H,32,34). The van der Waals surface area contributed by atoms with Gasteiger partial charge in [0.05, 0.1) is 30.2 Å². The summed E-state index contributed by atoms with van der Waals surface area (Å²) in [6, 6.07) is 16.3. The van der Waals surface area contributed by atoms with Crippen LogP contribution in [0.5, 0.6) is 0 Å². The molecule has 0 bridgehead atoms. The highest BCUT2D eigenvalue weighted by Gasteiger charge is 2.31. The van der Waals surface area contributed by atoms with Gasteiger partial charge in [-0.15, -0.1) is 0 Å². The molecular weight excluding hydrogens is 459 g/mol. The zero-order valence-corrected chi connectivity index (χ0v) is 18.7. The Morgan fingerprint density at radius 1 is 1.11 bits per heavy atom. The Kier molecular flexibility index (Phi) is 7.27. The van der Waals surface area contributed by atoms with Crippen molar-refractivity contribution >= 4 is 17.3 Å². The molecule has 0 radical (unpaired) electrons. The summed E-state index contributed by atoms with van der Waals surface area (Å²) in [4.78, 5) is 22.8. The number of anilines is 2. The molecule has 1 aliphatic heterocycles. The van der Waals surface area contributed by atoms with Gasteiger partial charge in [-0.3, -0.25) is 4.79 Å². The minimum atomic E-state index is -4.63. The van der Waals surface area contributed by atoms with E-state index in [4.69, 9.17) is 4.74 Å². The Balaban J connectivity index is 1.47. The highest BCUT2D eigenvalue weighted by Crippen LogP contribution is 2.26. The van der Waals surface area contributed by atoms with Crippen molar-refractivity contribution in [1.82, 2.24) is 9.97 Å². The summed E-state index contributed by atoms with van der Waals surface area (Å²) in [5.41, 5.74) is 3.38. The number of rotatable bonds is 6. The number of nitrogens with one attached hydrogen (secondary N) is 1. The topological polar surface area (TPSA) is 91.1 Å². The Bertz CT molecular complexity index is 1230. The van der Waals surface area contributed by atoms with E-state index in [0.717, 1.165) is 37.6 Å². The van der Waals surface area contributed by atoms with Crippen LogP contribution in [-0.4, -0.2) is 48.4 Å². The molecule has 1 fully saturated rings. The first-order valence-corrected chi connectivity index (χ1v) is 11.0. The Morgan fingerprint density at radius 2 is 1.86 bits per heavy atom. The van der Waals surface area contributed by atoms with E-state index >= 15 is 0 Å². The summed E-state index contributed by atoms with van der Waals surface area (Å²) in [5, 5.41) is 11.6. The second-order valence-corrected chi connectivity index (χ2v) is 8.01. The zero-order chi connectivity index (χ0) is 24.8. The van der Waals surface area contributed by atoms with Crippen LogP contribution in [0.25, 0.3) is 11.3 Å². The van der Waals surface area contributed by atoms with Crippen molar-refractivity contribution in [3.05, 3.63) is 71.7 Å². The summed E-state index contributed by atoms with van der Waals surface area (Å²) in [6.45, 7) is 3.16. The third kappa shape index (κ3) is 6.55. The van der Waals surface area contributed by atoms with Crippen LogP contribution < -0.4 is 10.2 Å². The maximum Gasteiger partial charge on any atom is 0.397 e. The normalized spacial score (nSPS) is 13.8. The number of benzene rings is 2. The molecule has 180 valence electrons. The van der Waals surface area contributed by atoms with Crippen LogP contribution in [0.1, 0.15) is 23.4 Å². The van der Waals surface area contributed by atoms with Crippen LogP contribution >= 0.6 is 0 Å². The fourth-order valence-electron chi connectivity index (χ4n) is 3.76. The molecule has 3 aromatic rings. The average molecular weight is 481 g/mol. The molecule has 4 rings (SSSR count). The smallest absolute Gasteiger partial charge is 0.378 e. The lowest BCUT2D eigenvalue weighted by atomic mass is 10.1. The third-order valence-electron chi connectivity index (χ3n) is 5.45. The van der Waals surface area contributed by atoms with Crippen molar-refractivity contribution in [1.29, 1.82) is 5.26 Å². The largest absolute Gasteiger partial charge is 0.397 e. The number of aromatic nitrogens is 2. The molecule has 0 spiro atoms. The number of hydrogen-bond acceptors (Lipinski definition) is 6.